The van der Waals surface area contributed by atoms with E-state index in [1.807, 2.05) is 19.1 Å². The minimum atomic E-state index is -3.59. The summed E-state index contributed by atoms with van der Waals surface area (Å²) >= 11 is 0. The van der Waals surface area contributed by atoms with Crippen LogP contribution in [-0.4, -0.2) is 8.42 Å². The molecule has 0 radical (unpaired) electrons. The van der Waals surface area contributed by atoms with Crippen molar-refractivity contribution in [2.75, 3.05) is 4.72 Å². The SMILES string of the molecule is Cc1ccc(S(=O)(=O)Nc2ccc3oc4c(c3c2)CC(C)CC4)cc1. The molecule has 1 aliphatic carbocycles. The van der Waals surface area contributed by atoms with Crippen LogP contribution in [0.4, 0.5) is 5.69 Å². The summed E-state index contributed by atoms with van der Waals surface area (Å²) in [6.45, 7) is 4.17. The summed E-state index contributed by atoms with van der Waals surface area (Å²) in [6, 6.07) is 12.3. The molecule has 0 fully saturated rings. The lowest BCUT2D eigenvalue weighted by Gasteiger charge is -2.16. The number of fused-ring (bicyclic) bond motifs is 3. The van der Waals surface area contributed by atoms with Crippen molar-refractivity contribution in [3.63, 3.8) is 0 Å². The summed E-state index contributed by atoms with van der Waals surface area (Å²) in [5.41, 5.74) is 3.65. The van der Waals surface area contributed by atoms with Crippen molar-refractivity contribution in [1.82, 2.24) is 0 Å². The van der Waals surface area contributed by atoms with E-state index in [1.54, 1.807) is 30.3 Å². The molecule has 2 aromatic carbocycles. The maximum Gasteiger partial charge on any atom is 0.261 e. The quantitative estimate of drug-likeness (QED) is 0.743. The maximum absolute atomic E-state index is 12.6. The first-order valence-electron chi connectivity index (χ1n) is 8.56. The van der Waals surface area contributed by atoms with Crippen LogP contribution in [0.2, 0.25) is 0 Å². The lowest BCUT2D eigenvalue weighted by atomic mass is 9.88. The van der Waals surface area contributed by atoms with E-state index in [0.717, 1.165) is 41.6 Å². The molecule has 4 nitrogen and oxygen atoms in total. The van der Waals surface area contributed by atoms with Gasteiger partial charge in [0.1, 0.15) is 11.3 Å². The zero-order valence-corrected chi connectivity index (χ0v) is 15.2. The van der Waals surface area contributed by atoms with Crippen LogP contribution in [0.25, 0.3) is 11.0 Å². The summed E-state index contributed by atoms with van der Waals surface area (Å²) in [6.07, 6.45) is 3.08. The lowest BCUT2D eigenvalue weighted by molar-refractivity contribution is 0.438. The summed E-state index contributed by atoms with van der Waals surface area (Å²) < 4.78 is 33.8. The van der Waals surface area contributed by atoms with Gasteiger partial charge in [-0.3, -0.25) is 4.72 Å². The Morgan fingerprint density at radius 3 is 2.64 bits per heavy atom. The molecule has 4 rings (SSSR count). The van der Waals surface area contributed by atoms with Crippen LogP contribution in [0.3, 0.4) is 0 Å². The first-order valence-corrected chi connectivity index (χ1v) is 10.0. The molecule has 0 saturated carbocycles. The second-order valence-corrected chi connectivity index (χ2v) is 8.66. The van der Waals surface area contributed by atoms with Gasteiger partial charge in [-0.15, -0.1) is 0 Å². The number of hydrogen-bond acceptors (Lipinski definition) is 3. The van der Waals surface area contributed by atoms with Gasteiger partial charge in [0.2, 0.25) is 0 Å². The van der Waals surface area contributed by atoms with E-state index in [1.165, 1.54) is 5.56 Å². The fourth-order valence-electron chi connectivity index (χ4n) is 3.45. The molecular formula is C20H21NO3S. The third-order valence-corrected chi connectivity index (χ3v) is 6.27. The van der Waals surface area contributed by atoms with Gasteiger partial charge < -0.3 is 4.42 Å². The van der Waals surface area contributed by atoms with Gasteiger partial charge in [0.25, 0.3) is 10.0 Å². The Morgan fingerprint density at radius 2 is 1.88 bits per heavy atom. The van der Waals surface area contributed by atoms with Gasteiger partial charge in [0.05, 0.1) is 4.90 Å². The molecule has 5 heteroatoms. The highest BCUT2D eigenvalue weighted by Crippen LogP contribution is 2.35. The van der Waals surface area contributed by atoms with Crippen molar-refractivity contribution < 1.29 is 12.8 Å². The van der Waals surface area contributed by atoms with Gasteiger partial charge in [0, 0.05) is 23.1 Å². The van der Waals surface area contributed by atoms with E-state index in [0.29, 0.717) is 11.6 Å². The van der Waals surface area contributed by atoms with Crippen molar-refractivity contribution in [2.45, 2.75) is 38.0 Å². The number of aryl methyl sites for hydroxylation is 2. The summed E-state index contributed by atoms with van der Waals surface area (Å²) in [7, 11) is -3.59. The van der Waals surface area contributed by atoms with Crippen LogP contribution in [0, 0.1) is 12.8 Å². The van der Waals surface area contributed by atoms with Crippen LogP contribution < -0.4 is 4.72 Å². The van der Waals surface area contributed by atoms with Gasteiger partial charge in [-0.05, 0) is 56.0 Å². The topological polar surface area (TPSA) is 59.3 Å². The van der Waals surface area contributed by atoms with Crippen LogP contribution in [0.1, 0.15) is 30.2 Å². The average Bonchev–Trinajstić information content (AvgIpc) is 2.92. The van der Waals surface area contributed by atoms with E-state index in [4.69, 9.17) is 4.42 Å². The largest absolute Gasteiger partial charge is 0.461 e. The van der Waals surface area contributed by atoms with E-state index in [-0.39, 0.29) is 4.90 Å². The van der Waals surface area contributed by atoms with Gasteiger partial charge in [-0.2, -0.15) is 0 Å². The molecule has 0 spiro atoms. The molecule has 0 bridgehead atoms. The smallest absolute Gasteiger partial charge is 0.261 e. The van der Waals surface area contributed by atoms with E-state index < -0.39 is 10.0 Å². The minimum Gasteiger partial charge on any atom is -0.461 e. The van der Waals surface area contributed by atoms with Crippen molar-refractivity contribution in [3.8, 4) is 0 Å². The number of rotatable bonds is 3. The molecule has 130 valence electrons. The second-order valence-electron chi connectivity index (χ2n) is 6.98. The van der Waals surface area contributed by atoms with Gasteiger partial charge in [0.15, 0.2) is 0 Å². The van der Waals surface area contributed by atoms with E-state index in [9.17, 15) is 8.42 Å². The Morgan fingerprint density at radius 1 is 1.12 bits per heavy atom. The molecule has 0 saturated heterocycles. The Labute approximate surface area is 147 Å². The first-order chi connectivity index (χ1) is 11.9. The summed E-state index contributed by atoms with van der Waals surface area (Å²) in [5.74, 6) is 1.67. The standard InChI is InChI=1S/C20H21NO3S/c1-13-3-7-16(8-4-13)25(22,23)21-15-6-10-20-18(12-15)17-11-14(2)5-9-19(17)24-20/h3-4,6-8,10,12,14,21H,5,9,11H2,1-2H3. The van der Waals surface area contributed by atoms with Crippen LogP contribution >= 0.6 is 0 Å². The molecule has 1 atom stereocenters. The van der Waals surface area contributed by atoms with Crippen molar-refractivity contribution in [3.05, 3.63) is 59.4 Å². The van der Waals surface area contributed by atoms with Crippen molar-refractivity contribution in [2.24, 2.45) is 5.92 Å². The first kappa shape index (κ1) is 16.2. The highest BCUT2D eigenvalue weighted by atomic mass is 32.2. The highest BCUT2D eigenvalue weighted by molar-refractivity contribution is 7.92. The van der Waals surface area contributed by atoms with Crippen LogP contribution in [-0.2, 0) is 22.9 Å². The van der Waals surface area contributed by atoms with Crippen molar-refractivity contribution >= 4 is 26.7 Å². The molecule has 1 aromatic heterocycles. The fraction of sp³-hybridized carbons (Fsp3) is 0.300. The molecule has 0 amide bonds. The fourth-order valence-corrected chi connectivity index (χ4v) is 4.50. The summed E-state index contributed by atoms with van der Waals surface area (Å²) in [5, 5.41) is 1.02. The number of nitrogens with one attached hydrogen (secondary N) is 1. The predicted molar refractivity (Wildman–Crippen MR) is 99.4 cm³/mol. The second kappa shape index (κ2) is 5.92. The number of furan rings is 1. The molecule has 1 unspecified atom stereocenters. The molecule has 1 heterocycles. The number of sulfonamides is 1. The van der Waals surface area contributed by atoms with Crippen LogP contribution in [0.5, 0.6) is 0 Å². The zero-order chi connectivity index (χ0) is 17.6. The molecule has 3 aromatic rings. The molecule has 0 aliphatic heterocycles. The normalized spacial score (nSPS) is 17.4. The van der Waals surface area contributed by atoms with Crippen molar-refractivity contribution in [1.29, 1.82) is 0 Å². The Bertz CT molecular complexity index is 1030. The molecular weight excluding hydrogens is 334 g/mol. The van der Waals surface area contributed by atoms with E-state index in [2.05, 4.69) is 11.6 Å². The number of hydrogen-bond donors (Lipinski definition) is 1. The van der Waals surface area contributed by atoms with Gasteiger partial charge >= 0.3 is 0 Å². The molecule has 1 aliphatic rings. The predicted octanol–water partition coefficient (Wildman–Crippen LogP) is 4.67. The van der Waals surface area contributed by atoms with Crippen LogP contribution in [0.15, 0.2) is 51.8 Å². The van der Waals surface area contributed by atoms with E-state index >= 15 is 0 Å². The molecule has 1 N–H and O–H groups in total. The van der Waals surface area contributed by atoms with Gasteiger partial charge in [-0.1, -0.05) is 24.6 Å². The number of benzene rings is 2. The monoisotopic (exact) mass is 355 g/mol. The van der Waals surface area contributed by atoms with Gasteiger partial charge in [-0.25, -0.2) is 8.42 Å². The third-order valence-electron chi connectivity index (χ3n) is 4.87. The average molecular weight is 355 g/mol. The minimum absolute atomic E-state index is 0.265. The third kappa shape index (κ3) is 3.04. The molecule has 25 heavy (non-hydrogen) atoms. The summed E-state index contributed by atoms with van der Waals surface area (Å²) in [4.78, 5) is 0.265. The highest BCUT2D eigenvalue weighted by Gasteiger charge is 2.22. The Hall–Kier alpha value is -2.27. The zero-order valence-electron chi connectivity index (χ0n) is 14.4. The maximum atomic E-state index is 12.6. The Balaban J connectivity index is 1.70. The lowest BCUT2D eigenvalue weighted by Crippen LogP contribution is -2.13. The number of anilines is 1. The Kier molecular flexibility index (Phi) is 3.84.